The van der Waals surface area contributed by atoms with Crippen molar-refractivity contribution < 1.29 is 18.0 Å². The lowest BCUT2D eigenvalue weighted by atomic mass is 9.95. The number of carbonyl (C=O) groups is 2. The van der Waals surface area contributed by atoms with E-state index < -0.39 is 10.0 Å². The van der Waals surface area contributed by atoms with Gasteiger partial charge < -0.3 is 10.6 Å². The zero-order chi connectivity index (χ0) is 24.1. The maximum Gasteiger partial charge on any atom is 0.267 e. The summed E-state index contributed by atoms with van der Waals surface area (Å²) in [5.41, 5.74) is 0.466. The summed E-state index contributed by atoms with van der Waals surface area (Å²) in [4.78, 5) is 26.3. The van der Waals surface area contributed by atoms with Crippen LogP contribution in [0.1, 0.15) is 75.1 Å². The average molecular weight is 486 g/mol. The van der Waals surface area contributed by atoms with Gasteiger partial charge in [-0.05, 0) is 62.7 Å². The quantitative estimate of drug-likeness (QED) is 0.619. The lowest BCUT2D eigenvalue weighted by Gasteiger charge is -2.34. The number of nitrogens with one attached hydrogen (secondary N) is 2. The van der Waals surface area contributed by atoms with Gasteiger partial charge in [-0.2, -0.15) is 0 Å². The second-order valence-corrected chi connectivity index (χ2v) is 11.2. The average Bonchev–Trinajstić information content (AvgIpc) is 2.84. The van der Waals surface area contributed by atoms with Gasteiger partial charge in [-0.15, -0.1) is 0 Å². The van der Waals surface area contributed by atoms with E-state index in [1.54, 1.807) is 24.3 Å². The summed E-state index contributed by atoms with van der Waals surface area (Å²) in [6.07, 6.45) is 7.32. The van der Waals surface area contributed by atoms with Crippen molar-refractivity contribution in [3.05, 3.63) is 42.0 Å². The van der Waals surface area contributed by atoms with E-state index in [0.717, 1.165) is 30.0 Å². The molecule has 2 fully saturated rings. The Morgan fingerprint density at radius 1 is 0.971 bits per heavy atom. The van der Waals surface area contributed by atoms with Crippen molar-refractivity contribution in [3.63, 3.8) is 0 Å². The SMILES string of the molecule is CCCC(=O)N(C1CCNCC1)S(=O)(=O)c1ccc(C(=O)NC2CCCCC2)c2ccccc12. The Kier molecular flexibility index (Phi) is 7.88. The number of fused-ring (bicyclic) bond motifs is 1. The van der Waals surface area contributed by atoms with E-state index in [4.69, 9.17) is 0 Å². The summed E-state index contributed by atoms with van der Waals surface area (Å²) >= 11 is 0. The molecule has 1 aliphatic heterocycles. The van der Waals surface area contributed by atoms with E-state index in [1.165, 1.54) is 12.5 Å². The number of hydrogen-bond acceptors (Lipinski definition) is 5. The zero-order valence-corrected chi connectivity index (χ0v) is 20.7. The molecule has 2 amide bonds. The molecule has 4 rings (SSSR count). The predicted molar refractivity (Wildman–Crippen MR) is 133 cm³/mol. The van der Waals surface area contributed by atoms with E-state index in [0.29, 0.717) is 48.7 Å². The van der Waals surface area contributed by atoms with Crippen LogP contribution in [0.5, 0.6) is 0 Å². The van der Waals surface area contributed by atoms with Gasteiger partial charge in [0.1, 0.15) is 0 Å². The van der Waals surface area contributed by atoms with Crippen molar-refractivity contribution >= 4 is 32.6 Å². The van der Waals surface area contributed by atoms with Gasteiger partial charge in [0.2, 0.25) is 5.91 Å². The molecule has 2 aliphatic rings. The minimum Gasteiger partial charge on any atom is -0.349 e. The number of benzene rings is 2. The number of rotatable bonds is 7. The van der Waals surface area contributed by atoms with Crippen molar-refractivity contribution in [3.8, 4) is 0 Å². The fourth-order valence-corrected chi connectivity index (χ4v) is 7.08. The first-order chi connectivity index (χ1) is 16.4. The van der Waals surface area contributed by atoms with Crippen LogP contribution in [0.2, 0.25) is 0 Å². The summed E-state index contributed by atoms with van der Waals surface area (Å²) in [5.74, 6) is -0.540. The first-order valence-electron chi connectivity index (χ1n) is 12.5. The van der Waals surface area contributed by atoms with Gasteiger partial charge in [-0.1, -0.05) is 50.5 Å². The van der Waals surface area contributed by atoms with Gasteiger partial charge in [0.15, 0.2) is 0 Å². The van der Waals surface area contributed by atoms with Crippen molar-refractivity contribution in [2.45, 2.75) is 81.7 Å². The number of carbonyl (C=O) groups excluding carboxylic acids is 2. The lowest BCUT2D eigenvalue weighted by Crippen LogP contribution is -2.49. The molecule has 0 atom stereocenters. The van der Waals surface area contributed by atoms with Crippen LogP contribution in [0.25, 0.3) is 10.8 Å². The second kappa shape index (κ2) is 10.9. The monoisotopic (exact) mass is 485 g/mol. The molecule has 7 nitrogen and oxygen atoms in total. The van der Waals surface area contributed by atoms with E-state index >= 15 is 0 Å². The molecular formula is C26H35N3O4S. The number of amides is 2. The Morgan fingerprint density at radius 3 is 2.32 bits per heavy atom. The third-order valence-corrected chi connectivity index (χ3v) is 8.89. The summed E-state index contributed by atoms with van der Waals surface area (Å²) in [6.45, 7) is 3.23. The van der Waals surface area contributed by atoms with E-state index in [1.807, 2.05) is 13.0 Å². The van der Waals surface area contributed by atoms with Crippen molar-refractivity contribution in [1.29, 1.82) is 0 Å². The standard InChI is InChI=1S/C26H35N3O4S/c1-2-8-25(30)29(20-15-17-27-18-16-20)34(32,33)24-14-13-23(21-11-6-7-12-22(21)24)26(31)28-19-9-4-3-5-10-19/h6-7,11-14,19-20,27H,2-5,8-10,15-18H2,1H3,(H,28,31). The topological polar surface area (TPSA) is 95.6 Å². The Bertz CT molecular complexity index is 1140. The summed E-state index contributed by atoms with van der Waals surface area (Å²) in [5, 5.41) is 7.43. The molecule has 0 bridgehead atoms. The molecular weight excluding hydrogens is 450 g/mol. The fraction of sp³-hybridized carbons (Fsp3) is 0.538. The number of piperidine rings is 1. The largest absolute Gasteiger partial charge is 0.349 e. The molecule has 1 heterocycles. The molecule has 2 aromatic rings. The van der Waals surface area contributed by atoms with Crippen LogP contribution in [0.15, 0.2) is 41.3 Å². The highest BCUT2D eigenvalue weighted by atomic mass is 32.2. The third kappa shape index (κ3) is 5.13. The first kappa shape index (κ1) is 24.7. The zero-order valence-electron chi connectivity index (χ0n) is 19.9. The third-order valence-electron chi connectivity index (χ3n) is 6.96. The van der Waals surface area contributed by atoms with E-state index in [-0.39, 0.29) is 35.2 Å². The van der Waals surface area contributed by atoms with Gasteiger partial charge in [-0.3, -0.25) is 9.59 Å². The minimum atomic E-state index is -4.09. The van der Waals surface area contributed by atoms with Gasteiger partial charge in [0.05, 0.1) is 10.9 Å². The summed E-state index contributed by atoms with van der Waals surface area (Å²) < 4.78 is 29.0. The predicted octanol–water partition coefficient (Wildman–Crippen LogP) is 3.97. The van der Waals surface area contributed by atoms with Crippen LogP contribution in [0, 0.1) is 0 Å². The molecule has 34 heavy (non-hydrogen) atoms. The highest BCUT2D eigenvalue weighted by Crippen LogP contribution is 2.31. The molecule has 0 aromatic heterocycles. The van der Waals surface area contributed by atoms with Gasteiger partial charge in [-0.25, -0.2) is 12.7 Å². The Balaban J connectivity index is 1.73. The Hall–Kier alpha value is -2.45. The molecule has 0 unspecified atom stereocenters. The molecule has 8 heteroatoms. The Labute approximate surface area is 202 Å². The molecule has 1 saturated carbocycles. The van der Waals surface area contributed by atoms with Crippen LogP contribution < -0.4 is 10.6 Å². The van der Waals surface area contributed by atoms with Gasteiger partial charge in [0.25, 0.3) is 15.9 Å². The molecule has 0 spiro atoms. The highest BCUT2D eigenvalue weighted by molar-refractivity contribution is 7.90. The summed E-state index contributed by atoms with van der Waals surface area (Å²) in [7, 11) is -4.09. The molecule has 2 aromatic carbocycles. The van der Waals surface area contributed by atoms with Crippen LogP contribution >= 0.6 is 0 Å². The maximum atomic E-state index is 13.9. The van der Waals surface area contributed by atoms with Crippen LogP contribution in [0.3, 0.4) is 0 Å². The minimum absolute atomic E-state index is 0.0836. The van der Waals surface area contributed by atoms with Gasteiger partial charge in [0, 0.05) is 23.4 Å². The van der Waals surface area contributed by atoms with Gasteiger partial charge >= 0.3 is 0 Å². The fourth-order valence-electron chi connectivity index (χ4n) is 5.21. The van der Waals surface area contributed by atoms with Crippen LogP contribution in [-0.4, -0.2) is 49.7 Å². The Morgan fingerprint density at radius 2 is 1.65 bits per heavy atom. The van der Waals surface area contributed by atoms with Crippen molar-refractivity contribution in [1.82, 2.24) is 14.9 Å². The van der Waals surface area contributed by atoms with Crippen LogP contribution in [-0.2, 0) is 14.8 Å². The number of hydrogen-bond donors (Lipinski definition) is 2. The maximum absolute atomic E-state index is 13.9. The van der Waals surface area contributed by atoms with Crippen molar-refractivity contribution in [2.24, 2.45) is 0 Å². The van der Waals surface area contributed by atoms with E-state index in [9.17, 15) is 18.0 Å². The van der Waals surface area contributed by atoms with E-state index in [2.05, 4.69) is 10.6 Å². The lowest BCUT2D eigenvalue weighted by molar-refractivity contribution is -0.128. The first-order valence-corrected chi connectivity index (χ1v) is 14.0. The molecule has 0 radical (unpaired) electrons. The molecule has 184 valence electrons. The smallest absolute Gasteiger partial charge is 0.267 e. The van der Waals surface area contributed by atoms with Crippen molar-refractivity contribution in [2.75, 3.05) is 13.1 Å². The molecule has 2 N–H and O–H groups in total. The van der Waals surface area contributed by atoms with Crippen LogP contribution in [0.4, 0.5) is 0 Å². The number of sulfonamides is 1. The number of nitrogens with zero attached hydrogens (tertiary/aromatic N) is 1. The second-order valence-electron chi connectivity index (χ2n) is 9.39. The molecule has 1 saturated heterocycles. The molecule has 1 aliphatic carbocycles. The highest BCUT2D eigenvalue weighted by Gasteiger charge is 2.37. The summed E-state index contributed by atoms with van der Waals surface area (Å²) in [6, 6.07) is 9.98. The normalized spacial score (nSPS) is 18.0.